The summed E-state index contributed by atoms with van der Waals surface area (Å²) in [6.45, 7) is 0.234. The SMILES string of the molecule is O=C(C=CNc1cccc([N+](=O)[O-])c1)c1cccc(OCc2ccc(Cl)cc2Cl)c1. The van der Waals surface area contributed by atoms with Crippen LogP contribution in [0.1, 0.15) is 15.9 Å². The number of carbonyl (C=O) groups is 1. The molecule has 0 heterocycles. The number of rotatable bonds is 8. The van der Waals surface area contributed by atoms with Crippen molar-refractivity contribution in [2.75, 3.05) is 5.32 Å². The fourth-order valence-electron chi connectivity index (χ4n) is 2.56. The van der Waals surface area contributed by atoms with Crippen LogP contribution in [0.15, 0.2) is 79.0 Å². The maximum Gasteiger partial charge on any atom is 0.271 e. The van der Waals surface area contributed by atoms with Crippen molar-refractivity contribution in [3.05, 3.63) is 110 Å². The normalized spacial score (nSPS) is 10.7. The molecule has 0 aliphatic heterocycles. The molecule has 0 fully saturated rings. The van der Waals surface area contributed by atoms with Crippen molar-refractivity contribution in [3.63, 3.8) is 0 Å². The van der Waals surface area contributed by atoms with Crippen LogP contribution in [0.25, 0.3) is 0 Å². The van der Waals surface area contributed by atoms with E-state index in [4.69, 9.17) is 27.9 Å². The molecule has 1 N–H and O–H groups in total. The first kappa shape index (κ1) is 21.4. The van der Waals surface area contributed by atoms with Crippen LogP contribution in [-0.4, -0.2) is 10.7 Å². The van der Waals surface area contributed by atoms with E-state index in [9.17, 15) is 14.9 Å². The van der Waals surface area contributed by atoms with E-state index < -0.39 is 4.92 Å². The predicted molar refractivity (Wildman–Crippen MR) is 117 cm³/mol. The number of nitro groups is 1. The van der Waals surface area contributed by atoms with Crippen LogP contribution in [0, 0.1) is 10.1 Å². The van der Waals surface area contributed by atoms with Gasteiger partial charge < -0.3 is 10.1 Å². The lowest BCUT2D eigenvalue weighted by molar-refractivity contribution is -0.384. The predicted octanol–water partition coefficient (Wildman–Crippen LogP) is 6.29. The van der Waals surface area contributed by atoms with E-state index in [1.54, 1.807) is 54.6 Å². The van der Waals surface area contributed by atoms with Crippen molar-refractivity contribution in [2.24, 2.45) is 0 Å². The minimum absolute atomic E-state index is 0.0367. The molecule has 0 radical (unpaired) electrons. The molecule has 0 saturated carbocycles. The number of hydrogen-bond acceptors (Lipinski definition) is 5. The number of carbonyl (C=O) groups excluding carboxylic acids is 1. The van der Waals surface area contributed by atoms with Crippen molar-refractivity contribution >= 4 is 40.4 Å². The van der Waals surface area contributed by atoms with Crippen molar-refractivity contribution in [1.29, 1.82) is 0 Å². The Morgan fingerprint density at radius 1 is 1.07 bits per heavy atom. The molecule has 3 aromatic rings. The number of ketones is 1. The quantitative estimate of drug-likeness (QED) is 0.192. The lowest BCUT2D eigenvalue weighted by Crippen LogP contribution is -2.00. The van der Waals surface area contributed by atoms with Gasteiger partial charge in [0.1, 0.15) is 12.4 Å². The van der Waals surface area contributed by atoms with Crippen LogP contribution in [0.2, 0.25) is 10.0 Å². The summed E-state index contributed by atoms with van der Waals surface area (Å²) in [5.41, 5.74) is 1.68. The summed E-state index contributed by atoms with van der Waals surface area (Å²) in [6.07, 6.45) is 2.77. The summed E-state index contributed by atoms with van der Waals surface area (Å²) in [4.78, 5) is 22.7. The lowest BCUT2D eigenvalue weighted by atomic mass is 10.1. The molecule has 0 spiro atoms. The summed E-state index contributed by atoms with van der Waals surface area (Å²) in [6, 6.07) is 17.9. The summed E-state index contributed by atoms with van der Waals surface area (Å²) in [5, 5.41) is 14.7. The molecule has 0 bridgehead atoms. The second-order valence-corrected chi connectivity index (χ2v) is 7.05. The Hall–Kier alpha value is -3.35. The lowest BCUT2D eigenvalue weighted by Gasteiger charge is -2.09. The third-order valence-corrected chi connectivity index (χ3v) is 4.66. The van der Waals surface area contributed by atoms with Crippen LogP contribution in [0.4, 0.5) is 11.4 Å². The molecule has 0 saturated heterocycles. The molecule has 3 aromatic carbocycles. The van der Waals surface area contributed by atoms with Gasteiger partial charge in [-0.05, 0) is 30.3 Å². The molecule has 152 valence electrons. The second kappa shape index (κ2) is 9.91. The molecule has 8 heteroatoms. The second-order valence-electron chi connectivity index (χ2n) is 6.20. The van der Waals surface area contributed by atoms with Gasteiger partial charge in [0.05, 0.1) is 4.92 Å². The Morgan fingerprint density at radius 2 is 1.87 bits per heavy atom. The van der Waals surface area contributed by atoms with E-state index in [0.29, 0.717) is 27.0 Å². The van der Waals surface area contributed by atoms with E-state index >= 15 is 0 Å². The first-order valence-corrected chi connectivity index (χ1v) is 9.56. The van der Waals surface area contributed by atoms with Crippen LogP contribution in [-0.2, 0) is 6.61 Å². The number of allylic oxidation sites excluding steroid dienone is 1. The standard InChI is InChI=1S/C22H16Cl2N2O4/c23-17-8-7-16(21(24)12-17)14-30-20-6-1-3-15(11-20)22(27)9-10-25-18-4-2-5-19(13-18)26(28)29/h1-13,25H,14H2. The average Bonchev–Trinajstić information content (AvgIpc) is 2.73. The molecule has 0 aromatic heterocycles. The van der Waals surface area contributed by atoms with Gasteiger partial charge in [0, 0.05) is 51.3 Å². The third kappa shape index (κ3) is 5.83. The first-order chi connectivity index (χ1) is 14.4. The maximum absolute atomic E-state index is 12.4. The largest absolute Gasteiger partial charge is 0.489 e. The number of nitro benzene ring substituents is 1. The number of non-ortho nitro benzene ring substituents is 1. The Bertz CT molecular complexity index is 1120. The van der Waals surface area contributed by atoms with Crippen LogP contribution < -0.4 is 10.1 Å². The molecule has 3 rings (SSSR count). The van der Waals surface area contributed by atoms with E-state index in [2.05, 4.69) is 5.32 Å². The first-order valence-electron chi connectivity index (χ1n) is 8.81. The fraction of sp³-hybridized carbons (Fsp3) is 0.0455. The van der Waals surface area contributed by atoms with Gasteiger partial charge in [-0.3, -0.25) is 14.9 Å². The minimum Gasteiger partial charge on any atom is -0.489 e. The molecule has 30 heavy (non-hydrogen) atoms. The third-order valence-electron chi connectivity index (χ3n) is 4.07. The van der Waals surface area contributed by atoms with Crippen molar-refractivity contribution in [3.8, 4) is 5.75 Å². The smallest absolute Gasteiger partial charge is 0.271 e. The van der Waals surface area contributed by atoms with E-state index in [-0.39, 0.29) is 18.1 Å². The number of nitrogens with zero attached hydrogens (tertiary/aromatic N) is 1. The average molecular weight is 443 g/mol. The van der Waals surface area contributed by atoms with Gasteiger partial charge in [0.25, 0.3) is 5.69 Å². The van der Waals surface area contributed by atoms with E-state index in [1.807, 2.05) is 0 Å². The molecular formula is C22H16Cl2N2O4. The summed E-state index contributed by atoms with van der Waals surface area (Å²) < 4.78 is 5.73. The van der Waals surface area contributed by atoms with E-state index in [0.717, 1.165) is 5.56 Å². The Morgan fingerprint density at radius 3 is 2.63 bits per heavy atom. The number of hydrogen-bond donors (Lipinski definition) is 1. The highest BCUT2D eigenvalue weighted by atomic mass is 35.5. The fourth-order valence-corrected chi connectivity index (χ4v) is 3.02. The summed E-state index contributed by atoms with van der Waals surface area (Å²) in [7, 11) is 0. The highest BCUT2D eigenvalue weighted by molar-refractivity contribution is 6.35. The van der Waals surface area contributed by atoms with E-state index in [1.165, 1.54) is 24.4 Å². The number of benzene rings is 3. The monoisotopic (exact) mass is 442 g/mol. The van der Waals surface area contributed by atoms with Gasteiger partial charge in [-0.1, -0.05) is 47.5 Å². The Balaban J connectivity index is 1.62. The number of halogens is 2. The van der Waals surface area contributed by atoms with Gasteiger partial charge in [-0.25, -0.2) is 0 Å². The number of nitrogens with one attached hydrogen (secondary N) is 1. The van der Waals surface area contributed by atoms with Crippen molar-refractivity contribution in [2.45, 2.75) is 6.61 Å². The zero-order chi connectivity index (χ0) is 21.5. The molecule has 6 nitrogen and oxygen atoms in total. The molecule has 0 aliphatic carbocycles. The highest BCUT2D eigenvalue weighted by Crippen LogP contribution is 2.23. The van der Waals surface area contributed by atoms with Crippen LogP contribution in [0.3, 0.4) is 0 Å². The van der Waals surface area contributed by atoms with Crippen molar-refractivity contribution < 1.29 is 14.5 Å². The zero-order valence-electron chi connectivity index (χ0n) is 15.5. The molecule has 0 unspecified atom stereocenters. The number of anilines is 1. The van der Waals surface area contributed by atoms with Crippen LogP contribution >= 0.6 is 23.2 Å². The Labute approximate surface area is 182 Å². The molecule has 0 aliphatic rings. The Kier molecular flexibility index (Phi) is 7.06. The van der Waals surface area contributed by atoms with Gasteiger partial charge >= 0.3 is 0 Å². The zero-order valence-corrected chi connectivity index (χ0v) is 17.1. The van der Waals surface area contributed by atoms with Crippen molar-refractivity contribution in [1.82, 2.24) is 0 Å². The molecular weight excluding hydrogens is 427 g/mol. The molecule has 0 atom stereocenters. The maximum atomic E-state index is 12.4. The highest BCUT2D eigenvalue weighted by Gasteiger charge is 2.07. The van der Waals surface area contributed by atoms with Gasteiger partial charge in [-0.15, -0.1) is 0 Å². The van der Waals surface area contributed by atoms with Gasteiger partial charge in [0.2, 0.25) is 0 Å². The van der Waals surface area contributed by atoms with Gasteiger partial charge in [0.15, 0.2) is 5.78 Å². The topological polar surface area (TPSA) is 81.5 Å². The summed E-state index contributed by atoms with van der Waals surface area (Å²) >= 11 is 12.0. The van der Waals surface area contributed by atoms with Crippen LogP contribution in [0.5, 0.6) is 5.75 Å². The van der Waals surface area contributed by atoms with Gasteiger partial charge in [-0.2, -0.15) is 0 Å². The minimum atomic E-state index is -0.483. The molecule has 0 amide bonds. The number of ether oxygens (including phenoxy) is 1. The summed E-state index contributed by atoms with van der Waals surface area (Å²) in [5.74, 6) is 0.273.